The number of hydrogen-bond donors (Lipinski definition) is 2. The van der Waals surface area contributed by atoms with Gasteiger partial charge in [0.25, 0.3) is 0 Å². The molecule has 6 nitrogen and oxygen atoms in total. The third kappa shape index (κ3) is 3.87. The van der Waals surface area contributed by atoms with E-state index in [2.05, 4.69) is 15.3 Å². The summed E-state index contributed by atoms with van der Waals surface area (Å²) in [6.45, 7) is 2.67. The highest BCUT2D eigenvalue weighted by Crippen LogP contribution is 2.19. The third-order valence-corrected chi connectivity index (χ3v) is 2.59. The van der Waals surface area contributed by atoms with E-state index in [4.69, 9.17) is 15.7 Å². The van der Waals surface area contributed by atoms with Crippen molar-refractivity contribution in [3.05, 3.63) is 41.5 Å². The first-order chi connectivity index (χ1) is 10.1. The van der Waals surface area contributed by atoms with Gasteiger partial charge in [0.15, 0.2) is 5.82 Å². The number of nitrogens with two attached hydrogens (primary N) is 1. The molecule has 0 radical (unpaired) electrons. The molecule has 1 heterocycles. The molecule has 0 aliphatic carbocycles. The summed E-state index contributed by atoms with van der Waals surface area (Å²) in [4.78, 5) is 8.29. The second-order valence-electron chi connectivity index (χ2n) is 4.16. The maximum absolute atomic E-state index is 13.3. The summed E-state index contributed by atoms with van der Waals surface area (Å²) in [7, 11) is 0. The molecule has 0 bridgehead atoms. The highest BCUT2D eigenvalue weighted by atomic mass is 19.1. The predicted octanol–water partition coefficient (Wildman–Crippen LogP) is 2.35. The molecule has 0 saturated carbocycles. The van der Waals surface area contributed by atoms with E-state index in [0.717, 1.165) is 0 Å². The van der Waals surface area contributed by atoms with Crippen LogP contribution in [-0.2, 0) is 11.3 Å². The van der Waals surface area contributed by atoms with Crippen molar-refractivity contribution in [2.75, 3.05) is 17.7 Å². The molecule has 0 spiro atoms. The van der Waals surface area contributed by atoms with Crippen LogP contribution in [0.5, 0.6) is 0 Å². The molecule has 3 N–H and O–H groups in total. The average molecular weight is 287 g/mol. The Morgan fingerprint density at radius 2 is 2.19 bits per heavy atom. The zero-order chi connectivity index (χ0) is 15.2. The largest absolute Gasteiger partial charge is 0.384 e. The van der Waals surface area contributed by atoms with Gasteiger partial charge in [-0.3, -0.25) is 0 Å². The minimum absolute atomic E-state index is 0.0448. The lowest BCUT2D eigenvalue weighted by atomic mass is 10.2. The van der Waals surface area contributed by atoms with E-state index in [1.807, 2.05) is 6.92 Å². The van der Waals surface area contributed by atoms with Crippen molar-refractivity contribution in [3.8, 4) is 6.07 Å². The number of halogens is 1. The molecule has 0 unspecified atom stereocenters. The Morgan fingerprint density at radius 1 is 1.38 bits per heavy atom. The van der Waals surface area contributed by atoms with Gasteiger partial charge in [-0.2, -0.15) is 5.26 Å². The van der Waals surface area contributed by atoms with Gasteiger partial charge in [0, 0.05) is 18.4 Å². The van der Waals surface area contributed by atoms with Crippen molar-refractivity contribution in [2.45, 2.75) is 13.5 Å². The van der Waals surface area contributed by atoms with Crippen LogP contribution in [0.25, 0.3) is 0 Å². The van der Waals surface area contributed by atoms with E-state index in [1.165, 1.54) is 18.2 Å². The Bertz CT molecular complexity index is 684. The van der Waals surface area contributed by atoms with Crippen molar-refractivity contribution in [2.24, 2.45) is 0 Å². The fraction of sp³-hybridized carbons (Fsp3) is 0.214. The summed E-state index contributed by atoms with van der Waals surface area (Å²) < 4.78 is 18.5. The van der Waals surface area contributed by atoms with Crippen molar-refractivity contribution < 1.29 is 9.13 Å². The number of nitrogen functional groups attached to an aromatic ring is 1. The smallest absolute Gasteiger partial charge is 0.158 e. The quantitative estimate of drug-likeness (QED) is 0.876. The number of nitrogens with zero attached hydrogens (tertiary/aromatic N) is 3. The van der Waals surface area contributed by atoms with Crippen molar-refractivity contribution >= 4 is 17.3 Å². The van der Waals surface area contributed by atoms with Crippen molar-refractivity contribution in [3.63, 3.8) is 0 Å². The SMILES string of the molecule is CCOCc1nc(N)cc(Nc2ccc(F)c(C#N)c2)n1. The number of rotatable bonds is 5. The van der Waals surface area contributed by atoms with Crippen LogP contribution in [0, 0.1) is 17.1 Å². The standard InChI is InChI=1S/C14H14FN5O/c1-2-21-8-14-19-12(17)6-13(20-14)18-10-3-4-11(15)9(5-10)7-16/h3-6H,2,8H2,1H3,(H3,17,18,19,20). The lowest BCUT2D eigenvalue weighted by Gasteiger charge is -2.09. The van der Waals surface area contributed by atoms with E-state index >= 15 is 0 Å². The number of benzene rings is 1. The average Bonchev–Trinajstić information content (AvgIpc) is 2.46. The van der Waals surface area contributed by atoms with E-state index in [0.29, 0.717) is 29.8 Å². The first kappa shape index (κ1) is 14.7. The van der Waals surface area contributed by atoms with E-state index in [1.54, 1.807) is 12.1 Å². The zero-order valence-corrected chi connectivity index (χ0v) is 11.4. The van der Waals surface area contributed by atoms with Crippen LogP contribution in [0.1, 0.15) is 18.3 Å². The minimum atomic E-state index is -0.567. The molecule has 0 saturated heterocycles. The van der Waals surface area contributed by atoms with Crippen LogP contribution in [0.4, 0.5) is 21.7 Å². The summed E-state index contributed by atoms with van der Waals surface area (Å²) in [5.74, 6) is 0.627. The van der Waals surface area contributed by atoms with E-state index < -0.39 is 5.82 Å². The van der Waals surface area contributed by atoms with Crippen LogP contribution in [0.15, 0.2) is 24.3 Å². The van der Waals surface area contributed by atoms with Gasteiger partial charge in [-0.1, -0.05) is 0 Å². The predicted molar refractivity (Wildman–Crippen MR) is 76.2 cm³/mol. The summed E-state index contributed by atoms with van der Waals surface area (Å²) >= 11 is 0. The Labute approximate surface area is 121 Å². The molecule has 0 aliphatic heterocycles. The summed E-state index contributed by atoms with van der Waals surface area (Å²) in [6, 6.07) is 7.45. The Hall–Kier alpha value is -2.72. The fourth-order valence-electron chi connectivity index (χ4n) is 1.68. The van der Waals surface area contributed by atoms with Crippen LogP contribution in [0.3, 0.4) is 0 Å². The second kappa shape index (κ2) is 6.63. The molecule has 21 heavy (non-hydrogen) atoms. The van der Waals surface area contributed by atoms with Gasteiger partial charge in [-0.15, -0.1) is 0 Å². The molecular weight excluding hydrogens is 273 g/mol. The molecule has 1 aromatic carbocycles. The normalized spacial score (nSPS) is 10.1. The molecule has 2 rings (SSSR count). The van der Waals surface area contributed by atoms with Crippen LogP contribution in [-0.4, -0.2) is 16.6 Å². The third-order valence-electron chi connectivity index (χ3n) is 2.59. The first-order valence-electron chi connectivity index (χ1n) is 6.30. The van der Waals surface area contributed by atoms with Crippen LogP contribution in [0.2, 0.25) is 0 Å². The number of anilines is 3. The first-order valence-corrected chi connectivity index (χ1v) is 6.30. The Balaban J connectivity index is 2.23. The fourth-order valence-corrected chi connectivity index (χ4v) is 1.68. The number of nitriles is 1. The van der Waals surface area contributed by atoms with Crippen molar-refractivity contribution in [1.82, 2.24) is 9.97 Å². The number of aromatic nitrogens is 2. The summed E-state index contributed by atoms with van der Waals surface area (Å²) in [5, 5.41) is 11.8. The number of hydrogen-bond acceptors (Lipinski definition) is 6. The topological polar surface area (TPSA) is 96.9 Å². The molecule has 0 atom stereocenters. The molecular formula is C14H14FN5O. The Kier molecular flexibility index (Phi) is 4.64. The van der Waals surface area contributed by atoms with Gasteiger partial charge in [0.1, 0.15) is 30.1 Å². The van der Waals surface area contributed by atoms with Gasteiger partial charge >= 0.3 is 0 Å². The molecule has 1 aromatic heterocycles. The number of ether oxygens (including phenoxy) is 1. The van der Waals surface area contributed by atoms with Crippen molar-refractivity contribution in [1.29, 1.82) is 5.26 Å². The highest BCUT2D eigenvalue weighted by Gasteiger charge is 2.06. The van der Waals surface area contributed by atoms with Gasteiger partial charge in [-0.25, -0.2) is 14.4 Å². The van der Waals surface area contributed by atoms with Gasteiger partial charge in [0.05, 0.1) is 5.56 Å². The van der Waals surface area contributed by atoms with Gasteiger partial charge < -0.3 is 15.8 Å². The van der Waals surface area contributed by atoms with Gasteiger partial charge in [-0.05, 0) is 25.1 Å². The van der Waals surface area contributed by atoms with Gasteiger partial charge in [0.2, 0.25) is 0 Å². The van der Waals surface area contributed by atoms with E-state index in [-0.39, 0.29) is 12.2 Å². The molecule has 0 aliphatic rings. The Morgan fingerprint density at radius 3 is 2.90 bits per heavy atom. The lowest BCUT2D eigenvalue weighted by Crippen LogP contribution is -2.05. The van der Waals surface area contributed by atoms with Crippen LogP contribution >= 0.6 is 0 Å². The second-order valence-corrected chi connectivity index (χ2v) is 4.16. The van der Waals surface area contributed by atoms with E-state index in [9.17, 15) is 4.39 Å². The van der Waals surface area contributed by atoms with Crippen LogP contribution < -0.4 is 11.1 Å². The maximum atomic E-state index is 13.3. The molecule has 0 amide bonds. The minimum Gasteiger partial charge on any atom is -0.384 e. The summed E-state index contributed by atoms with van der Waals surface area (Å²) in [5.41, 5.74) is 6.20. The summed E-state index contributed by atoms with van der Waals surface area (Å²) in [6.07, 6.45) is 0. The zero-order valence-electron chi connectivity index (χ0n) is 11.4. The molecule has 2 aromatic rings. The highest BCUT2D eigenvalue weighted by molar-refractivity contribution is 5.60. The molecule has 7 heteroatoms. The monoisotopic (exact) mass is 287 g/mol. The maximum Gasteiger partial charge on any atom is 0.158 e. The molecule has 108 valence electrons. The molecule has 0 fully saturated rings. The number of nitrogens with one attached hydrogen (secondary N) is 1. The lowest BCUT2D eigenvalue weighted by molar-refractivity contribution is 0.128.